The highest BCUT2D eigenvalue weighted by molar-refractivity contribution is 6.30. The van der Waals surface area contributed by atoms with Crippen LogP contribution in [0, 0.1) is 0 Å². The summed E-state index contributed by atoms with van der Waals surface area (Å²) in [5.74, 6) is -0.858. The van der Waals surface area contributed by atoms with E-state index < -0.39 is 5.97 Å². The number of cyclic esters (lactones) is 1. The van der Waals surface area contributed by atoms with E-state index in [0.717, 1.165) is 6.42 Å². The van der Waals surface area contributed by atoms with Crippen molar-refractivity contribution in [2.24, 2.45) is 0 Å². The van der Waals surface area contributed by atoms with E-state index >= 15 is 0 Å². The molecule has 0 saturated carbocycles. The number of rotatable bonds is 5. The van der Waals surface area contributed by atoms with E-state index in [1.54, 1.807) is 65.3 Å². The summed E-state index contributed by atoms with van der Waals surface area (Å²) in [7, 11) is 0. The lowest BCUT2D eigenvalue weighted by Crippen LogP contribution is -2.39. The first kappa shape index (κ1) is 22.9. The summed E-state index contributed by atoms with van der Waals surface area (Å²) in [6, 6.07) is 14.1. The number of carbonyl (C=O) groups is 3. The van der Waals surface area contributed by atoms with Crippen LogP contribution in [0.25, 0.3) is 5.69 Å². The summed E-state index contributed by atoms with van der Waals surface area (Å²) < 4.78 is 11.8. The van der Waals surface area contributed by atoms with E-state index in [2.05, 4.69) is 5.10 Å². The number of nitrogens with zero attached hydrogens (tertiary/aromatic N) is 4. The molecule has 1 saturated heterocycles. The van der Waals surface area contributed by atoms with Crippen LogP contribution in [0.2, 0.25) is 5.02 Å². The zero-order valence-corrected chi connectivity index (χ0v) is 19.8. The maximum Gasteiger partial charge on any atom is 0.414 e. The molecule has 0 aliphatic carbocycles. The minimum absolute atomic E-state index is 0.133. The van der Waals surface area contributed by atoms with Gasteiger partial charge in [-0.15, -0.1) is 0 Å². The highest BCUT2D eigenvalue weighted by atomic mass is 35.5. The van der Waals surface area contributed by atoms with Gasteiger partial charge in [0, 0.05) is 35.1 Å². The number of halogens is 1. The Bertz CT molecular complexity index is 1300. The van der Waals surface area contributed by atoms with Gasteiger partial charge in [0.15, 0.2) is 5.69 Å². The Morgan fingerprint density at radius 2 is 1.80 bits per heavy atom. The predicted molar refractivity (Wildman–Crippen MR) is 130 cm³/mol. The molecular weight excluding hydrogens is 472 g/mol. The second kappa shape index (κ2) is 9.42. The molecule has 2 aromatic carbocycles. The van der Waals surface area contributed by atoms with Crippen LogP contribution in [-0.2, 0) is 15.9 Å². The summed E-state index contributed by atoms with van der Waals surface area (Å²) in [4.78, 5) is 41.6. The van der Waals surface area contributed by atoms with Crippen molar-refractivity contribution in [3.8, 4) is 5.69 Å². The number of aromatic nitrogens is 2. The van der Waals surface area contributed by atoms with Gasteiger partial charge in [-0.2, -0.15) is 5.10 Å². The van der Waals surface area contributed by atoms with Crippen LogP contribution in [0.3, 0.4) is 0 Å². The van der Waals surface area contributed by atoms with Crippen molar-refractivity contribution in [2.45, 2.75) is 19.8 Å². The number of carbonyl (C=O) groups excluding carboxylic acids is 3. The third-order valence-corrected chi connectivity index (χ3v) is 6.22. The summed E-state index contributed by atoms with van der Waals surface area (Å²) in [6.45, 7) is 3.30. The molecule has 0 unspecified atom stereocenters. The molecule has 1 aromatic heterocycles. The minimum atomic E-state index is -0.566. The normalized spacial score (nSPS) is 15.6. The van der Waals surface area contributed by atoms with Crippen molar-refractivity contribution in [3.63, 3.8) is 0 Å². The molecule has 3 aromatic rings. The summed E-state index contributed by atoms with van der Waals surface area (Å²) in [5, 5.41) is 4.94. The van der Waals surface area contributed by atoms with E-state index in [1.165, 1.54) is 4.68 Å². The quantitative estimate of drug-likeness (QED) is 0.492. The van der Waals surface area contributed by atoms with Gasteiger partial charge in [-0.3, -0.25) is 9.69 Å². The first-order chi connectivity index (χ1) is 17.0. The lowest BCUT2D eigenvalue weighted by Gasteiger charge is -2.29. The fraction of sp³-hybridized carbons (Fsp3) is 0.280. The Balaban J connectivity index is 1.51. The van der Waals surface area contributed by atoms with Crippen molar-refractivity contribution in [1.29, 1.82) is 0 Å². The van der Waals surface area contributed by atoms with Crippen molar-refractivity contribution >= 4 is 40.9 Å². The molecule has 0 radical (unpaired) electrons. The lowest BCUT2D eigenvalue weighted by atomic mass is 10.0. The van der Waals surface area contributed by atoms with Gasteiger partial charge < -0.3 is 14.4 Å². The Hall–Kier alpha value is -3.85. The smallest absolute Gasteiger partial charge is 0.414 e. The summed E-state index contributed by atoms with van der Waals surface area (Å²) in [5.41, 5.74) is 2.93. The van der Waals surface area contributed by atoms with Gasteiger partial charge in [-0.25, -0.2) is 14.3 Å². The number of benzene rings is 2. The number of amides is 2. The highest BCUT2D eigenvalue weighted by Gasteiger charge is 2.35. The zero-order chi connectivity index (χ0) is 24.5. The average molecular weight is 495 g/mol. The molecule has 9 nitrogen and oxygen atoms in total. The molecule has 10 heteroatoms. The molecule has 1 fully saturated rings. The first-order valence-corrected chi connectivity index (χ1v) is 11.8. The molecule has 3 heterocycles. The van der Waals surface area contributed by atoms with Gasteiger partial charge in [0.25, 0.3) is 5.91 Å². The Kier molecular flexibility index (Phi) is 6.17. The van der Waals surface area contributed by atoms with Crippen molar-refractivity contribution in [2.75, 3.05) is 36.1 Å². The van der Waals surface area contributed by atoms with E-state index in [0.29, 0.717) is 59.5 Å². The van der Waals surface area contributed by atoms with Gasteiger partial charge in [0.1, 0.15) is 5.69 Å². The van der Waals surface area contributed by atoms with Gasteiger partial charge in [0.05, 0.1) is 18.9 Å². The van der Waals surface area contributed by atoms with Gasteiger partial charge in [-0.1, -0.05) is 17.7 Å². The monoisotopic (exact) mass is 494 g/mol. The van der Waals surface area contributed by atoms with Gasteiger partial charge in [-0.05, 0) is 62.2 Å². The van der Waals surface area contributed by atoms with Crippen molar-refractivity contribution in [1.82, 2.24) is 9.78 Å². The first-order valence-electron chi connectivity index (χ1n) is 11.4. The molecule has 0 spiro atoms. The molecule has 2 aliphatic rings. The Morgan fingerprint density at radius 1 is 1.06 bits per heavy atom. The van der Waals surface area contributed by atoms with E-state index in [9.17, 15) is 14.4 Å². The largest absolute Gasteiger partial charge is 0.461 e. The van der Waals surface area contributed by atoms with Crippen LogP contribution in [0.1, 0.15) is 39.9 Å². The van der Waals surface area contributed by atoms with E-state index in [4.69, 9.17) is 21.1 Å². The van der Waals surface area contributed by atoms with Crippen LogP contribution in [-0.4, -0.2) is 54.1 Å². The molecule has 2 aliphatic heterocycles. The third-order valence-electron chi connectivity index (χ3n) is 5.98. The molecule has 5 rings (SSSR count). The fourth-order valence-electron chi connectivity index (χ4n) is 4.36. The van der Waals surface area contributed by atoms with E-state index in [1.807, 2.05) is 0 Å². The van der Waals surface area contributed by atoms with Gasteiger partial charge >= 0.3 is 12.1 Å². The predicted octanol–water partition coefficient (Wildman–Crippen LogP) is 4.25. The molecule has 2 amide bonds. The second-order valence-electron chi connectivity index (χ2n) is 8.13. The maximum absolute atomic E-state index is 13.7. The van der Waals surface area contributed by atoms with Crippen LogP contribution >= 0.6 is 11.6 Å². The molecular formula is C25H23ClN4O5. The SMILES string of the molecule is CCOC(=O)c1nn(-c2cccc(Cl)c2)c2c1CCN(c1ccc(N3CCCOC3=O)cc1)C2=O. The Labute approximate surface area is 206 Å². The van der Waals surface area contributed by atoms with Crippen molar-refractivity contribution < 1.29 is 23.9 Å². The lowest BCUT2D eigenvalue weighted by molar-refractivity contribution is 0.0517. The number of ether oxygens (including phenoxy) is 2. The Morgan fingerprint density at radius 3 is 2.49 bits per heavy atom. The van der Waals surface area contributed by atoms with E-state index in [-0.39, 0.29) is 24.3 Å². The van der Waals surface area contributed by atoms with Crippen LogP contribution in [0.15, 0.2) is 48.5 Å². The fourth-order valence-corrected chi connectivity index (χ4v) is 4.55. The van der Waals surface area contributed by atoms with Crippen molar-refractivity contribution in [3.05, 3.63) is 70.5 Å². The van der Waals surface area contributed by atoms with Crippen LogP contribution in [0.5, 0.6) is 0 Å². The zero-order valence-electron chi connectivity index (χ0n) is 19.1. The third kappa shape index (κ3) is 4.23. The topological polar surface area (TPSA) is 94.0 Å². The number of anilines is 2. The molecule has 0 N–H and O–H groups in total. The van der Waals surface area contributed by atoms with Crippen LogP contribution in [0.4, 0.5) is 16.2 Å². The number of esters is 1. The molecule has 180 valence electrons. The molecule has 0 atom stereocenters. The number of hydrogen-bond acceptors (Lipinski definition) is 6. The average Bonchev–Trinajstić information content (AvgIpc) is 3.26. The highest BCUT2D eigenvalue weighted by Crippen LogP contribution is 2.31. The molecule has 35 heavy (non-hydrogen) atoms. The number of fused-ring (bicyclic) bond motifs is 1. The second-order valence-corrected chi connectivity index (χ2v) is 8.57. The standard InChI is InChI=1S/C25H23ClN4O5/c1-2-34-24(32)21-20-11-13-28(17-7-9-18(10-8-17)29-12-4-14-35-25(29)33)23(31)22(20)30(27-21)19-6-3-5-16(26)15-19/h3,5-10,15H,2,4,11-14H2,1H3. The minimum Gasteiger partial charge on any atom is -0.461 e. The number of hydrogen-bond donors (Lipinski definition) is 0. The summed E-state index contributed by atoms with van der Waals surface area (Å²) >= 11 is 6.18. The van der Waals surface area contributed by atoms with Gasteiger partial charge in [0.2, 0.25) is 0 Å². The summed E-state index contributed by atoms with van der Waals surface area (Å²) in [6.07, 6.45) is 0.812. The maximum atomic E-state index is 13.7. The van der Waals surface area contributed by atoms with Crippen LogP contribution < -0.4 is 9.80 Å². The molecule has 0 bridgehead atoms.